The van der Waals surface area contributed by atoms with Crippen LogP contribution in [0.25, 0.3) is 0 Å². The molecule has 0 bridgehead atoms. The lowest BCUT2D eigenvalue weighted by atomic mass is 10.1. The SMILES string of the molecule is Cc1cc(S(=O)(=O)N2Cc3ccc(N)cc3C2)sc1Cl. The topological polar surface area (TPSA) is 63.4 Å². The van der Waals surface area contributed by atoms with E-state index in [1.165, 1.54) is 4.31 Å². The van der Waals surface area contributed by atoms with E-state index in [0.29, 0.717) is 27.3 Å². The number of nitrogens with zero attached hydrogens (tertiary/aromatic N) is 1. The smallest absolute Gasteiger partial charge is 0.253 e. The normalized spacial score (nSPS) is 15.5. The van der Waals surface area contributed by atoms with Crippen LogP contribution >= 0.6 is 22.9 Å². The van der Waals surface area contributed by atoms with Crippen LogP contribution in [0.5, 0.6) is 0 Å². The van der Waals surface area contributed by atoms with Crippen molar-refractivity contribution in [3.63, 3.8) is 0 Å². The highest BCUT2D eigenvalue weighted by Crippen LogP contribution is 2.35. The number of halogens is 1. The predicted molar refractivity (Wildman–Crippen MR) is 81.4 cm³/mol. The third-order valence-corrected chi connectivity index (χ3v) is 7.15. The zero-order chi connectivity index (χ0) is 14.5. The summed E-state index contributed by atoms with van der Waals surface area (Å²) in [6, 6.07) is 7.13. The van der Waals surface area contributed by atoms with Gasteiger partial charge in [0.15, 0.2) is 0 Å². The Morgan fingerprint density at radius 3 is 2.60 bits per heavy atom. The zero-order valence-electron chi connectivity index (χ0n) is 10.8. The second-order valence-electron chi connectivity index (χ2n) is 4.82. The van der Waals surface area contributed by atoms with Crippen LogP contribution in [0.15, 0.2) is 28.5 Å². The highest BCUT2D eigenvalue weighted by atomic mass is 35.5. The van der Waals surface area contributed by atoms with E-state index in [9.17, 15) is 8.42 Å². The molecule has 0 saturated carbocycles. The van der Waals surface area contributed by atoms with E-state index < -0.39 is 10.0 Å². The average Bonchev–Trinajstić information content (AvgIpc) is 2.94. The molecule has 0 radical (unpaired) electrons. The molecule has 0 aliphatic carbocycles. The third-order valence-electron chi connectivity index (χ3n) is 3.35. The summed E-state index contributed by atoms with van der Waals surface area (Å²) in [5.41, 5.74) is 9.14. The van der Waals surface area contributed by atoms with Gasteiger partial charge in [-0.15, -0.1) is 11.3 Å². The maximum atomic E-state index is 12.6. The number of nitrogen functional groups attached to an aromatic ring is 1. The van der Waals surface area contributed by atoms with Crippen LogP contribution in [0.3, 0.4) is 0 Å². The lowest BCUT2D eigenvalue weighted by molar-refractivity contribution is 0.433. The number of aryl methyl sites for hydroxylation is 1. The first kappa shape index (κ1) is 13.9. The van der Waals surface area contributed by atoms with Gasteiger partial charge in [0.1, 0.15) is 4.21 Å². The van der Waals surface area contributed by atoms with Crippen molar-refractivity contribution in [2.75, 3.05) is 5.73 Å². The number of hydrogen-bond donors (Lipinski definition) is 1. The first-order valence-corrected chi connectivity index (χ1v) is 8.65. The van der Waals surface area contributed by atoms with Crippen molar-refractivity contribution < 1.29 is 8.42 Å². The number of benzene rings is 1. The Kier molecular flexibility index (Phi) is 3.29. The Bertz CT molecular complexity index is 764. The standard InChI is InChI=1S/C13H13ClN2O2S2/c1-8-4-12(19-13(8)14)20(17,18)16-6-9-2-3-11(15)5-10(9)7-16/h2-5H,6-7,15H2,1H3. The molecule has 106 valence electrons. The fourth-order valence-corrected chi connectivity index (χ4v) is 5.50. The molecule has 1 aromatic heterocycles. The van der Waals surface area contributed by atoms with Crippen molar-refractivity contribution in [2.24, 2.45) is 0 Å². The average molecular weight is 329 g/mol. The summed E-state index contributed by atoms with van der Waals surface area (Å²) in [5.74, 6) is 0. The molecule has 2 N–H and O–H groups in total. The molecular weight excluding hydrogens is 316 g/mol. The summed E-state index contributed by atoms with van der Waals surface area (Å²) in [6.07, 6.45) is 0. The van der Waals surface area contributed by atoms with Gasteiger partial charge in [-0.3, -0.25) is 0 Å². The first-order valence-electron chi connectivity index (χ1n) is 6.01. The number of hydrogen-bond acceptors (Lipinski definition) is 4. The van der Waals surface area contributed by atoms with Gasteiger partial charge in [0.2, 0.25) is 0 Å². The minimum atomic E-state index is -3.49. The van der Waals surface area contributed by atoms with Gasteiger partial charge in [-0.25, -0.2) is 8.42 Å². The van der Waals surface area contributed by atoms with Gasteiger partial charge in [-0.05, 0) is 41.8 Å². The summed E-state index contributed by atoms with van der Waals surface area (Å²) >= 11 is 7.07. The Hall–Kier alpha value is -1.08. The van der Waals surface area contributed by atoms with E-state index in [0.717, 1.165) is 28.0 Å². The van der Waals surface area contributed by atoms with Gasteiger partial charge in [-0.2, -0.15) is 4.31 Å². The fourth-order valence-electron chi connectivity index (χ4n) is 2.24. The molecule has 0 amide bonds. The van der Waals surface area contributed by atoms with Crippen LogP contribution in [0, 0.1) is 6.92 Å². The zero-order valence-corrected chi connectivity index (χ0v) is 13.1. The molecule has 3 rings (SSSR count). The predicted octanol–water partition coefficient (Wildman–Crippen LogP) is 3.00. The van der Waals surface area contributed by atoms with Crippen molar-refractivity contribution >= 4 is 38.6 Å². The number of sulfonamides is 1. The molecule has 0 unspecified atom stereocenters. The lowest BCUT2D eigenvalue weighted by Crippen LogP contribution is -2.24. The van der Waals surface area contributed by atoms with Crippen molar-refractivity contribution in [1.82, 2.24) is 4.31 Å². The summed E-state index contributed by atoms with van der Waals surface area (Å²) < 4.78 is 27.5. The molecule has 1 aromatic carbocycles. The van der Waals surface area contributed by atoms with Gasteiger partial charge >= 0.3 is 0 Å². The molecule has 1 aliphatic rings. The fraction of sp³-hybridized carbons (Fsp3) is 0.231. The summed E-state index contributed by atoms with van der Waals surface area (Å²) in [7, 11) is -3.49. The molecule has 2 aromatic rings. The molecule has 7 heteroatoms. The van der Waals surface area contributed by atoms with E-state index in [2.05, 4.69) is 0 Å². The van der Waals surface area contributed by atoms with Crippen LogP contribution in [-0.2, 0) is 23.1 Å². The van der Waals surface area contributed by atoms with Crippen molar-refractivity contribution in [3.8, 4) is 0 Å². The van der Waals surface area contributed by atoms with E-state index >= 15 is 0 Å². The first-order chi connectivity index (χ1) is 9.38. The van der Waals surface area contributed by atoms with Crippen LogP contribution in [0.4, 0.5) is 5.69 Å². The quantitative estimate of drug-likeness (QED) is 0.862. The van der Waals surface area contributed by atoms with Crippen molar-refractivity contribution in [1.29, 1.82) is 0 Å². The van der Waals surface area contributed by atoms with Gasteiger partial charge < -0.3 is 5.73 Å². The highest BCUT2D eigenvalue weighted by Gasteiger charge is 2.32. The number of anilines is 1. The van der Waals surface area contributed by atoms with Crippen LogP contribution in [0.1, 0.15) is 16.7 Å². The minimum Gasteiger partial charge on any atom is -0.399 e. The van der Waals surface area contributed by atoms with E-state index in [4.69, 9.17) is 17.3 Å². The molecule has 2 heterocycles. The molecule has 1 aliphatic heterocycles. The Morgan fingerprint density at radius 1 is 1.25 bits per heavy atom. The molecule has 20 heavy (non-hydrogen) atoms. The van der Waals surface area contributed by atoms with Crippen LogP contribution in [0.2, 0.25) is 4.34 Å². The van der Waals surface area contributed by atoms with Crippen LogP contribution in [-0.4, -0.2) is 12.7 Å². The summed E-state index contributed by atoms with van der Waals surface area (Å²) in [5, 5.41) is 0. The number of thiophene rings is 1. The molecular formula is C13H13ClN2O2S2. The van der Waals surface area contributed by atoms with Crippen molar-refractivity contribution in [2.45, 2.75) is 24.2 Å². The number of nitrogens with two attached hydrogens (primary N) is 1. The highest BCUT2D eigenvalue weighted by molar-refractivity contribution is 7.91. The second-order valence-corrected chi connectivity index (χ2v) is 8.64. The minimum absolute atomic E-state index is 0.292. The molecule has 4 nitrogen and oxygen atoms in total. The maximum absolute atomic E-state index is 12.6. The van der Waals surface area contributed by atoms with E-state index in [-0.39, 0.29) is 0 Å². The van der Waals surface area contributed by atoms with Gasteiger partial charge in [0, 0.05) is 18.8 Å². The maximum Gasteiger partial charge on any atom is 0.253 e. The number of rotatable bonds is 2. The van der Waals surface area contributed by atoms with Gasteiger partial charge in [0.25, 0.3) is 10.0 Å². The Balaban J connectivity index is 1.95. The molecule has 0 spiro atoms. The Morgan fingerprint density at radius 2 is 1.95 bits per heavy atom. The lowest BCUT2D eigenvalue weighted by Gasteiger charge is -2.13. The largest absolute Gasteiger partial charge is 0.399 e. The summed E-state index contributed by atoms with van der Waals surface area (Å²) in [6.45, 7) is 2.54. The summed E-state index contributed by atoms with van der Waals surface area (Å²) in [4.78, 5) is 0. The molecule has 0 fully saturated rings. The third kappa shape index (κ3) is 2.22. The van der Waals surface area contributed by atoms with E-state index in [1.807, 2.05) is 12.1 Å². The van der Waals surface area contributed by atoms with Crippen molar-refractivity contribution in [3.05, 3.63) is 45.3 Å². The second kappa shape index (κ2) is 4.73. The van der Waals surface area contributed by atoms with Gasteiger partial charge in [0.05, 0.1) is 4.34 Å². The monoisotopic (exact) mass is 328 g/mol. The Labute approximate surface area is 126 Å². The molecule has 0 saturated heterocycles. The van der Waals surface area contributed by atoms with Crippen LogP contribution < -0.4 is 5.73 Å². The van der Waals surface area contributed by atoms with Gasteiger partial charge in [-0.1, -0.05) is 17.7 Å². The molecule has 0 atom stereocenters. The number of fused-ring (bicyclic) bond motifs is 1. The van der Waals surface area contributed by atoms with E-state index in [1.54, 1.807) is 19.1 Å².